The zero-order valence-corrected chi connectivity index (χ0v) is 17.4. The van der Waals surface area contributed by atoms with E-state index in [0.717, 1.165) is 0 Å². The lowest BCUT2D eigenvalue weighted by Crippen LogP contribution is -2.45. The summed E-state index contributed by atoms with van der Waals surface area (Å²) in [6.45, 7) is 4.43. The summed E-state index contributed by atoms with van der Waals surface area (Å²) >= 11 is 0. The third-order valence-corrected chi connectivity index (χ3v) is 3.55. The van der Waals surface area contributed by atoms with Crippen molar-refractivity contribution in [2.75, 3.05) is 11.6 Å². The number of halogens is 3. The Morgan fingerprint density at radius 3 is 2.48 bits per heavy atom. The van der Waals surface area contributed by atoms with Crippen LogP contribution in [0.15, 0.2) is 36.5 Å². The second-order valence-corrected chi connectivity index (χ2v) is 6.80. The molecule has 0 aliphatic rings. The summed E-state index contributed by atoms with van der Waals surface area (Å²) in [5.74, 6) is -2.48. The number of hydrazine groups is 1. The molecule has 0 radical (unpaired) electrons. The zero-order chi connectivity index (χ0) is 25.2. The second kappa shape index (κ2) is 11.9. The van der Waals surface area contributed by atoms with Crippen molar-refractivity contribution in [3.8, 4) is 6.07 Å². The number of anilines is 1. The topological polar surface area (TPSA) is 162 Å². The highest BCUT2D eigenvalue weighted by Crippen LogP contribution is 2.15. The number of nitrogens with zero attached hydrogens (tertiary/aromatic N) is 5. The predicted molar refractivity (Wildman–Crippen MR) is 108 cm³/mol. The van der Waals surface area contributed by atoms with Gasteiger partial charge in [-0.2, -0.15) is 23.4 Å². The molecule has 0 spiro atoms. The van der Waals surface area contributed by atoms with Crippen molar-refractivity contribution < 1.29 is 32.8 Å². The smallest absolute Gasteiger partial charge is 0.475 e. The van der Waals surface area contributed by atoms with E-state index in [1.807, 2.05) is 19.9 Å². The van der Waals surface area contributed by atoms with Crippen LogP contribution in [-0.4, -0.2) is 44.6 Å². The van der Waals surface area contributed by atoms with Gasteiger partial charge in [-0.15, -0.1) is 0 Å². The summed E-state index contributed by atoms with van der Waals surface area (Å²) in [4.78, 5) is 39.5. The number of carboxylic acids is 1. The van der Waals surface area contributed by atoms with Gasteiger partial charge in [-0.3, -0.25) is 25.3 Å². The number of nitrogens with one attached hydrogen (secondary N) is 1. The van der Waals surface area contributed by atoms with Gasteiger partial charge in [-0.25, -0.2) is 9.78 Å². The summed E-state index contributed by atoms with van der Waals surface area (Å²) in [7, 11) is 0. The van der Waals surface area contributed by atoms with E-state index in [1.54, 1.807) is 17.1 Å². The lowest BCUT2D eigenvalue weighted by atomic mass is 10.1. The largest absolute Gasteiger partial charge is 0.490 e. The minimum Gasteiger partial charge on any atom is -0.475 e. The molecule has 14 heteroatoms. The number of benzene rings is 1. The second-order valence-electron chi connectivity index (χ2n) is 6.80. The fourth-order valence-corrected chi connectivity index (χ4v) is 2.27. The molecule has 0 saturated carbocycles. The first-order valence-corrected chi connectivity index (χ1v) is 9.17. The summed E-state index contributed by atoms with van der Waals surface area (Å²) in [5, 5.41) is 28.5. The number of nitro benzene ring substituents is 1. The number of aliphatic carboxylic acids is 1. The van der Waals surface area contributed by atoms with Gasteiger partial charge in [0.25, 0.3) is 5.69 Å². The number of alkyl halides is 3. The van der Waals surface area contributed by atoms with E-state index in [1.165, 1.54) is 24.4 Å². The molecule has 0 atom stereocenters. The molecule has 11 nitrogen and oxygen atoms in total. The average Bonchev–Trinajstić information content (AvgIpc) is 2.73. The van der Waals surface area contributed by atoms with Crippen LogP contribution in [0.3, 0.4) is 0 Å². The van der Waals surface area contributed by atoms with Crippen LogP contribution < -0.4 is 10.4 Å². The van der Waals surface area contributed by atoms with Crippen LogP contribution in [0.25, 0.3) is 0 Å². The highest BCUT2D eigenvalue weighted by Gasteiger charge is 2.38. The summed E-state index contributed by atoms with van der Waals surface area (Å²) < 4.78 is 31.7. The monoisotopic (exact) mass is 468 g/mol. The van der Waals surface area contributed by atoms with Crippen molar-refractivity contribution in [2.24, 2.45) is 5.92 Å². The Labute approximate surface area is 185 Å². The number of nitriles is 1. The molecule has 176 valence electrons. The molecule has 1 amide bonds. The first kappa shape index (κ1) is 26.8. The number of rotatable bonds is 7. The average molecular weight is 468 g/mol. The maximum absolute atomic E-state index is 12.4. The van der Waals surface area contributed by atoms with Crippen LogP contribution in [0.1, 0.15) is 25.2 Å². The highest BCUT2D eigenvalue weighted by atomic mass is 19.4. The Kier molecular flexibility index (Phi) is 9.68. The molecule has 0 aliphatic heterocycles. The Bertz CT molecular complexity index is 1040. The Morgan fingerprint density at radius 2 is 1.97 bits per heavy atom. The summed E-state index contributed by atoms with van der Waals surface area (Å²) in [6, 6.07) is 9.38. The van der Waals surface area contributed by atoms with E-state index < -0.39 is 17.1 Å². The lowest BCUT2D eigenvalue weighted by molar-refractivity contribution is -0.384. The third kappa shape index (κ3) is 9.59. The SMILES string of the molecule is CC(C)CN(NC(=O)Cc1cccc([N+](=O)[O-])c1)c1ccnc(C#N)n1.O=C(O)C(F)(F)F. The zero-order valence-electron chi connectivity index (χ0n) is 17.4. The van der Waals surface area contributed by atoms with Crippen LogP contribution in [-0.2, 0) is 16.0 Å². The fraction of sp³-hybridized carbons (Fsp3) is 0.316. The Hall–Kier alpha value is -4.28. The number of amides is 1. The Morgan fingerprint density at radius 1 is 1.33 bits per heavy atom. The Balaban J connectivity index is 0.000000675. The van der Waals surface area contributed by atoms with Crippen molar-refractivity contribution in [3.63, 3.8) is 0 Å². The number of carboxylic acid groups (broad SMARTS) is 1. The molecule has 0 saturated heterocycles. The third-order valence-electron chi connectivity index (χ3n) is 3.55. The van der Waals surface area contributed by atoms with Gasteiger partial charge in [0.1, 0.15) is 6.07 Å². The van der Waals surface area contributed by atoms with Gasteiger partial charge in [0, 0.05) is 30.9 Å². The predicted octanol–water partition coefficient (Wildman–Crippen LogP) is 2.63. The van der Waals surface area contributed by atoms with Crippen LogP contribution in [0.5, 0.6) is 0 Å². The van der Waals surface area contributed by atoms with Gasteiger partial charge in [0.2, 0.25) is 11.7 Å². The summed E-state index contributed by atoms with van der Waals surface area (Å²) in [5.41, 5.74) is 3.20. The quantitative estimate of drug-likeness (QED) is 0.459. The number of nitro groups is 1. The van der Waals surface area contributed by atoms with Crippen molar-refractivity contribution in [3.05, 3.63) is 58.0 Å². The van der Waals surface area contributed by atoms with Gasteiger partial charge >= 0.3 is 12.1 Å². The van der Waals surface area contributed by atoms with Crippen LogP contribution in [0.2, 0.25) is 0 Å². The molecule has 1 aromatic heterocycles. The van der Waals surface area contributed by atoms with E-state index in [4.69, 9.17) is 15.2 Å². The molecule has 0 fully saturated rings. The first-order chi connectivity index (χ1) is 15.3. The molecule has 0 unspecified atom stereocenters. The van der Waals surface area contributed by atoms with Crippen molar-refractivity contribution in [1.82, 2.24) is 15.4 Å². The van der Waals surface area contributed by atoms with Gasteiger partial charge in [0.05, 0.1) is 11.3 Å². The number of carbonyl (C=O) groups is 2. The van der Waals surface area contributed by atoms with Gasteiger partial charge in [-0.1, -0.05) is 26.0 Å². The molecular weight excluding hydrogens is 449 g/mol. The van der Waals surface area contributed by atoms with E-state index in [-0.39, 0.29) is 29.8 Å². The molecule has 2 aromatic rings. The van der Waals surface area contributed by atoms with E-state index >= 15 is 0 Å². The van der Waals surface area contributed by atoms with Crippen LogP contribution in [0, 0.1) is 27.4 Å². The van der Waals surface area contributed by atoms with Gasteiger partial charge in [0.15, 0.2) is 5.82 Å². The maximum atomic E-state index is 12.4. The van der Waals surface area contributed by atoms with Crippen molar-refractivity contribution in [1.29, 1.82) is 5.26 Å². The summed E-state index contributed by atoms with van der Waals surface area (Å²) in [6.07, 6.45) is -3.66. The standard InChI is InChI=1S/C17H18N6O3.C2HF3O2/c1-12(2)11-22(16-6-7-19-15(10-18)20-16)21-17(24)9-13-4-3-5-14(8-13)23(25)26;3-2(4,5)1(6)7/h3-8,12H,9,11H2,1-2H3,(H,21,24);(H,6,7). The fourth-order valence-electron chi connectivity index (χ4n) is 2.27. The van der Waals surface area contributed by atoms with Crippen LogP contribution >= 0.6 is 0 Å². The number of carbonyl (C=O) groups excluding carboxylic acids is 1. The van der Waals surface area contributed by atoms with Gasteiger partial charge in [-0.05, 0) is 11.5 Å². The van der Waals surface area contributed by atoms with Crippen molar-refractivity contribution >= 4 is 23.4 Å². The maximum Gasteiger partial charge on any atom is 0.490 e. The van der Waals surface area contributed by atoms with Gasteiger partial charge < -0.3 is 5.11 Å². The van der Waals surface area contributed by atoms with E-state index in [2.05, 4.69) is 15.4 Å². The molecule has 2 N–H and O–H groups in total. The molecule has 33 heavy (non-hydrogen) atoms. The lowest BCUT2D eigenvalue weighted by Gasteiger charge is -2.26. The molecule has 1 aromatic carbocycles. The van der Waals surface area contributed by atoms with Crippen molar-refractivity contribution in [2.45, 2.75) is 26.4 Å². The minimum absolute atomic E-state index is 0.00388. The normalized spacial score (nSPS) is 10.5. The van der Waals surface area contributed by atoms with E-state index in [0.29, 0.717) is 17.9 Å². The molecular formula is C19H19F3N6O5. The van der Waals surface area contributed by atoms with E-state index in [9.17, 15) is 28.1 Å². The number of hydrogen-bond donors (Lipinski definition) is 2. The minimum atomic E-state index is -5.08. The highest BCUT2D eigenvalue weighted by molar-refractivity contribution is 5.80. The first-order valence-electron chi connectivity index (χ1n) is 9.17. The van der Waals surface area contributed by atoms with Crippen LogP contribution in [0.4, 0.5) is 24.7 Å². The number of hydrogen-bond acceptors (Lipinski definition) is 8. The molecule has 2 rings (SSSR count). The molecule has 0 bridgehead atoms. The number of aromatic nitrogens is 2. The molecule has 0 aliphatic carbocycles. The number of non-ortho nitro benzene ring substituents is 1. The molecule has 1 heterocycles.